The Morgan fingerprint density at radius 2 is 2.36 bits per heavy atom. The van der Waals surface area contributed by atoms with E-state index >= 15 is 0 Å². The molecule has 1 heterocycles. The summed E-state index contributed by atoms with van der Waals surface area (Å²) in [5.41, 5.74) is 6.12. The summed E-state index contributed by atoms with van der Waals surface area (Å²) in [5, 5.41) is 0. The van der Waals surface area contributed by atoms with Crippen molar-refractivity contribution in [2.75, 3.05) is 7.11 Å². The molecule has 1 atom stereocenters. The van der Waals surface area contributed by atoms with Crippen molar-refractivity contribution in [2.24, 2.45) is 5.73 Å². The molecule has 0 amide bonds. The van der Waals surface area contributed by atoms with Gasteiger partial charge in [0.2, 0.25) is 0 Å². The van der Waals surface area contributed by atoms with Crippen LogP contribution in [0.3, 0.4) is 0 Å². The van der Waals surface area contributed by atoms with E-state index in [1.165, 1.54) is 13.3 Å². The maximum atomic E-state index is 11.6. The fourth-order valence-electron chi connectivity index (χ4n) is 1.06. The number of ether oxygens (including phenoxy) is 1. The van der Waals surface area contributed by atoms with E-state index in [0.29, 0.717) is 17.7 Å². The first kappa shape index (κ1) is 10.7. The van der Waals surface area contributed by atoms with Crippen LogP contribution in [0.15, 0.2) is 18.5 Å². The van der Waals surface area contributed by atoms with Crippen molar-refractivity contribution in [3.8, 4) is 5.75 Å². The molecule has 0 aliphatic carbocycles. The number of ketones is 1. The van der Waals surface area contributed by atoms with Gasteiger partial charge in [-0.05, 0) is 12.5 Å². The lowest BCUT2D eigenvalue weighted by molar-refractivity contribution is 0.0958. The lowest BCUT2D eigenvalue weighted by Crippen LogP contribution is -2.29. The van der Waals surface area contributed by atoms with Crippen LogP contribution in [0.4, 0.5) is 0 Å². The molecule has 4 heteroatoms. The Kier molecular flexibility index (Phi) is 3.59. The van der Waals surface area contributed by atoms with Crippen LogP contribution < -0.4 is 10.5 Å². The van der Waals surface area contributed by atoms with E-state index in [9.17, 15) is 4.79 Å². The summed E-state index contributed by atoms with van der Waals surface area (Å²) in [5.74, 6) is 0.470. The Hall–Kier alpha value is -1.42. The number of methoxy groups -OCH3 is 1. The Bertz CT molecular complexity index is 326. The van der Waals surface area contributed by atoms with Gasteiger partial charge in [-0.25, -0.2) is 0 Å². The minimum Gasteiger partial charge on any atom is -0.495 e. The zero-order valence-electron chi connectivity index (χ0n) is 8.36. The summed E-state index contributed by atoms with van der Waals surface area (Å²) in [6, 6.07) is 1.19. The van der Waals surface area contributed by atoms with Crippen molar-refractivity contribution in [3.63, 3.8) is 0 Å². The van der Waals surface area contributed by atoms with Crippen LogP contribution >= 0.6 is 0 Å². The van der Waals surface area contributed by atoms with Crippen molar-refractivity contribution < 1.29 is 9.53 Å². The summed E-state index contributed by atoms with van der Waals surface area (Å²) < 4.78 is 4.96. The highest BCUT2D eigenvalue weighted by atomic mass is 16.5. The highest BCUT2D eigenvalue weighted by Gasteiger charge is 2.14. The van der Waals surface area contributed by atoms with Crippen molar-refractivity contribution >= 4 is 5.78 Å². The molecule has 0 saturated heterocycles. The minimum absolute atomic E-state index is 0.0982. The van der Waals surface area contributed by atoms with Gasteiger partial charge in [0.25, 0.3) is 0 Å². The van der Waals surface area contributed by atoms with E-state index in [-0.39, 0.29) is 5.78 Å². The van der Waals surface area contributed by atoms with E-state index in [1.54, 1.807) is 12.3 Å². The van der Waals surface area contributed by atoms with Crippen LogP contribution in [-0.2, 0) is 0 Å². The Morgan fingerprint density at radius 1 is 1.64 bits per heavy atom. The first-order valence-corrected chi connectivity index (χ1v) is 4.47. The Balaban J connectivity index is 2.90. The molecule has 14 heavy (non-hydrogen) atoms. The molecule has 76 valence electrons. The lowest BCUT2D eigenvalue weighted by Gasteiger charge is -2.07. The third-order valence-electron chi connectivity index (χ3n) is 2.01. The second kappa shape index (κ2) is 4.72. The highest BCUT2D eigenvalue weighted by Crippen LogP contribution is 2.12. The van der Waals surface area contributed by atoms with Crippen LogP contribution in [0.2, 0.25) is 0 Å². The monoisotopic (exact) mass is 194 g/mol. The lowest BCUT2D eigenvalue weighted by atomic mass is 10.1. The fraction of sp³-hybridized carbons (Fsp3) is 0.400. The standard InChI is InChI=1S/C10H14N2O2/c1-3-9(11)10(13)7-4-8(14-2)6-12-5-7/h4-6,9H,3,11H2,1-2H3. The number of nitrogens with zero attached hydrogens (tertiary/aromatic N) is 1. The summed E-state index contributed by atoms with van der Waals surface area (Å²) in [4.78, 5) is 15.5. The number of hydrogen-bond acceptors (Lipinski definition) is 4. The molecule has 1 aromatic heterocycles. The van der Waals surface area contributed by atoms with Gasteiger partial charge in [-0.1, -0.05) is 6.92 Å². The van der Waals surface area contributed by atoms with Crippen LogP contribution in [0.25, 0.3) is 0 Å². The second-order valence-corrected chi connectivity index (χ2v) is 2.99. The van der Waals surface area contributed by atoms with Crippen LogP contribution in [0.1, 0.15) is 23.7 Å². The second-order valence-electron chi connectivity index (χ2n) is 2.99. The molecule has 2 N–H and O–H groups in total. The fourth-order valence-corrected chi connectivity index (χ4v) is 1.06. The average molecular weight is 194 g/mol. The third-order valence-corrected chi connectivity index (χ3v) is 2.01. The van der Waals surface area contributed by atoms with Gasteiger partial charge in [-0.2, -0.15) is 0 Å². The zero-order valence-corrected chi connectivity index (χ0v) is 8.36. The molecule has 0 aliphatic heterocycles. The van der Waals surface area contributed by atoms with E-state index < -0.39 is 6.04 Å². The van der Waals surface area contributed by atoms with Crippen molar-refractivity contribution in [3.05, 3.63) is 24.0 Å². The summed E-state index contributed by atoms with van der Waals surface area (Å²) in [6.07, 6.45) is 3.67. The summed E-state index contributed by atoms with van der Waals surface area (Å²) in [7, 11) is 1.53. The number of aromatic nitrogens is 1. The largest absolute Gasteiger partial charge is 0.495 e. The number of hydrogen-bond donors (Lipinski definition) is 1. The number of carbonyl (C=O) groups is 1. The maximum Gasteiger partial charge on any atom is 0.181 e. The van der Waals surface area contributed by atoms with Gasteiger partial charge in [0.1, 0.15) is 5.75 Å². The van der Waals surface area contributed by atoms with Gasteiger partial charge in [-0.3, -0.25) is 9.78 Å². The normalized spacial score (nSPS) is 12.2. The number of pyridine rings is 1. The van der Waals surface area contributed by atoms with E-state index in [1.807, 2.05) is 6.92 Å². The molecule has 1 rings (SSSR count). The molecule has 0 spiro atoms. The molecule has 0 aliphatic rings. The number of nitrogens with two attached hydrogens (primary N) is 1. The maximum absolute atomic E-state index is 11.6. The molecular formula is C10H14N2O2. The highest BCUT2D eigenvalue weighted by molar-refractivity contribution is 5.99. The van der Waals surface area contributed by atoms with Crippen molar-refractivity contribution in [1.29, 1.82) is 0 Å². The predicted octanol–water partition coefficient (Wildman–Crippen LogP) is 1.01. The zero-order chi connectivity index (χ0) is 10.6. The molecule has 0 aromatic carbocycles. The van der Waals surface area contributed by atoms with E-state index in [4.69, 9.17) is 10.5 Å². The molecule has 0 bridgehead atoms. The first-order chi connectivity index (χ1) is 6.69. The molecule has 4 nitrogen and oxygen atoms in total. The molecule has 1 unspecified atom stereocenters. The molecule has 1 aromatic rings. The quantitative estimate of drug-likeness (QED) is 0.726. The SMILES string of the molecule is CCC(N)C(=O)c1cncc(OC)c1. The smallest absolute Gasteiger partial charge is 0.181 e. The minimum atomic E-state index is -0.455. The Labute approximate surface area is 83.1 Å². The van der Waals surface area contributed by atoms with E-state index in [0.717, 1.165) is 0 Å². The third kappa shape index (κ3) is 2.29. The number of Topliss-reactive ketones (excluding diaryl/α,β-unsaturated/α-hetero) is 1. The molecule has 0 saturated carbocycles. The first-order valence-electron chi connectivity index (χ1n) is 4.47. The van der Waals surface area contributed by atoms with Crippen molar-refractivity contribution in [1.82, 2.24) is 4.98 Å². The van der Waals surface area contributed by atoms with Gasteiger partial charge in [0, 0.05) is 11.8 Å². The topological polar surface area (TPSA) is 65.2 Å². The van der Waals surface area contributed by atoms with Gasteiger partial charge in [-0.15, -0.1) is 0 Å². The molecule has 0 fully saturated rings. The average Bonchev–Trinajstić information content (AvgIpc) is 2.27. The van der Waals surface area contributed by atoms with Crippen molar-refractivity contribution in [2.45, 2.75) is 19.4 Å². The van der Waals surface area contributed by atoms with Crippen LogP contribution in [0, 0.1) is 0 Å². The summed E-state index contributed by atoms with van der Waals surface area (Å²) in [6.45, 7) is 1.87. The molecular weight excluding hydrogens is 180 g/mol. The van der Waals surface area contributed by atoms with E-state index in [2.05, 4.69) is 4.98 Å². The number of carbonyl (C=O) groups excluding carboxylic acids is 1. The van der Waals surface area contributed by atoms with Gasteiger partial charge in [0.05, 0.1) is 19.3 Å². The predicted molar refractivity (Wildman–Crippen MR) is 53.4 cm³/mol. The van der Waals surface area contributed by atoms with Gasteiger partial charge < -0.3 is 10.5 Å². The molecule has 0 radical (unpaired) electrons. The summed E-state index contributed by atoms with van der Waals surface area (Å²) >= 11 is 0. The van der Waals surface area contributed by atoms with Gasteiger partial charge >= 0.3 is 0 Å². The van der Waals surface area contributed by atoms with Crippen LogP contribution in [0.5, 0.6) is 5.75 Å². The Morgan fingerprint density at radius 3 is 2.93 bits per heavy atom. The van der Waals surface area contributed by atoms with Gasteiger partial charge in [0.15, 0.2) is 5.78 Å². The van der Waals surface area contributed by atoms with Crippen LogP contribution in [-0.4, -0.2) is 23.9 Å². The number of rotatable bonds is 4.